The van der Waals surface area contributed by atoms with E-state index in [1.807, 2.05) is 41.5 Å². The molecule has 0 unspecified atom stereocenters. The van der Waals surface area contributed by atoms with Crippen LogP contribution in [0.15, 0.2) is 22.8 Å². The predicted molar refractivity (Wildman–Crippen MR) is 180 cm³/mol. The van der Waals surface area contributed by atoms with Crippen LogP contribution in [0.1, 0.15) is 100 Å². The first-order valence-electron chi connectivity index (χ1n) is 15.9. The van der Waals surface area contributed by atoms with Gasteiger partial charge in [0.15, 0.2) is 17.2 Å². The first-order valence-corrected chi connectivity index (χ1v) is 15.9. The molecule has 0 radical (unpaired) electrons. The number of aliphatic hydroxyl groups excluding tert-OH is 1. The molecular weight excluding hydrogens is 630 g/mol. The average molecular weight is 664 g/mol. The normalized spacial score (nSPS) is 22.2. The van der Waals surface area contributed by atoms with E-state index in [-0.39, 0.29) is 33.0 Å². The van der Waals surface area contributed by atoms with Gasteiger partial charge >= 0.3 is 0 Å². The Morgan fingerprint density at radius 3 is 1.51 bits per heavy atom. The molecule has 8 rings (SSSR count). The number of aryl methyl sites for hydroxylation is 2. The zero-order valence-corrected chi connectivity index (χ0v) is 28.0. The van der Waals surface area contributed by atoms with Crippen molar-refractivity contribution in [3.63, 3.8) is 0 Å². The van der Waals surface area contributed by atoms with E-state index in [9.17, 15) is 39.9 Å². The summed E-state index contributed by atoms with van der Waals surface area (Å²) in [5.41, 5.74) is -2.59. The van der Waals surface area contributed by atoms with Gasteiger partial charge in [0.25, 0.3) is 0 Å². The molecule has 5 N–H and O–H groups in total. The van der Waals surface area contributed by atoms with Gasteiger partial charge < -0.3 is 35.0 Å². The van der Waals surface area contributed by atoms with E-state index in [4.69, 9.17) is 9.47 Å². The first-order chi connectivity index (χ1) is 22.8. The number of ketones is 3. The lowest BCUT2D eigenvalue weighted by Gasteiger charge is -2.27. The number of fused-ring (bicyclic) bond motifs is 4. The van der Waals surface area contributed by atoms with Gasteiger partial charge in [-0.3, -0.25) is 14.4 Å². The van der Waals surface area contributed by atoms with Crippen molar-refractivity contribution in [2.75, 3.05) is 0 Å². The number of phenolic OH excluding ortho intramolecular Hbond substituents is 4. The molecule has 2 aliphatic heterocycles. The number of aliphatic hydroxyl groups is 1. The van der Waals surface area contributed by atoms with Gasteiger partial charge in [0.2, 0.25) is 17.3 Å². The van der Waals surface area contributed by atoms with E-state index >= 15 is 0 Å². The van der Waals surface area contributed by atoms with Crippen LogP contribution in [-0.4, -0.2) is 60.8 Å². The third kappa shape index (κ3) is 3.42. The Hall–Kier alpha value is -5.58. The molecule has 11 heteroatoms. The molecule has 2 heterocycles. The molecule has 0 saturated carbocycles. The minimum Gasteiger partial charge on any atom is -0.507 e. The van der Waals surface area contributed by atoms with E-state index in [2.05, 4.69) is 4.99 Å². The largest absolute Gasteiger partial charge is 0.507 e. The van der Waals surface area contributed by atoms with Crippen LogP contribution in [0.5, 0.6) is 34.5 Å². The van der Waals surface area contributed by atoms with Crippen LogP contribution in [0.2, 0.25) is 0 Å². The fourth-order valence-corrected chi connectivity index (χ4v) is 8.04. The lowest BCUT2D eigenvalue weighted by atomic mass is 9.75. The van der Waals surface area contributed by atoms with Crippen molar-refractivity contribution in [1.29, 1.82) is 0 Å². The molecule has 4 aromatic rings. The van der Waals surface area contributed by atoms with Crippen LogP contribution in [0.3, 0.4) is 0 Å². The van der Waals surface area contributed by atoms with E-state index in [1.54, 1.807) is 13.8 Å². The first kappa shape index (κ1) is 30.7. The Labute approximate surface area is 279 Å². The second-order valence-electron chi connectivity index (χ2n) is 14.6. The van der Waals surface area contributed by atoms with Crippen molar-refractivity contribution >= 4 is 50.4 Å². The summed E-state index contributed by atoms with van der Waals surface area (Å²) in [5, 5.41) is 58.1. The summed E-state index contributed by atoms with van der Waals surface area (Å²) in [7, 11) is 0. The summed E-state index contributed by atoms with van der Waals surface area (Å²) in [6.45, 7) is 14.4. The molecule has 4 aromatic carbocycles. The van der Waals surface area contributed by atoms with E-state index < -0.39 is 80.6 Å². The van der Waals surface area contributed by atoms with Gasteiger partial charge in [-0.05, 0) is 51.0 Å². The minimum absolute atomic E-state index is 0.00596. The van der Waals surface area contributed by atoms with Crippen LogP contribution in [-0.2, 0) is 10.8 Å². The predicted octanol–water partition coefficient (Wildman–Crippen LogP) is 6.49. The molecule has 0 saturated heterocycles. The molecule has 0 spiro atoms. The second kappa shape index (κ2) is 9.10. The maximum Gasteiger partial charge on any atom is 0.219 e. The van der Waals surface area contributed by atoms with Crippen molar-refractivity contribution in [2.45, 2.75) is 78.4 Å². The average Bonchev–Trinajstić information content (AvgIpc) is 3.37. The van der Waals surface area contributed by atoms with Gasteiger partial charge in [0.05, 0.1) is 22.3 Å². The summed E-state index contributed by atoms with van der Waals surface area (Å²) in [5.74, 6) is -5.12. The van der Waals surface area contributed by atoms with Crippen molar-refractivity contribution in [3.8, 4) is 34.5 Å². The summed E-state index contributed by atoms with van der Waals surface area (Å²) in [4.78, 5) is 47.1. The van der Waals surface area contributed by atoms with Gasteiger partial charge in [-0.2, -0.15) is 0 Å². The topological polar surface area (TPSA) is 183 Å². The highest BCUT2D eigenvalue weighted by Crippen LogP contribution is 2.58. The number of Topliss-reactive ketones (excluding diaryl/α,β-unsaturated/α-hetero) is 3. The number of aliphatic imine (C=N–C) groups is 1. The number of ether oxygens (including phenoxy) is 2. The minimum atomic E-state index is -1.05. The maximum atomic E-state index is 14.4. The quantitative estimate of drug-likeness (QED) is 0.151. The van der Waals surface area contributed by atoms with Crippen LogP contribution >= 0.6 is 0 Å². The summed E-state index contributed by atoms with van der Waals surface area (Å²) in [6, 6.07) is 2.74. The van der Waals surface area contributed by atoms with Crippen LogP contribution in [0.25, 0.3) is 27.3 Å². The standard InChI is InChI=1S/C38H33NO10/c1-11-9-15(40)19-21-17(11)35-25(37(5,6)13(3)48-35)29(42)23(21)33(46)27(31(19)44)39-28-32(45)20-16(41)10-12(2)18-22(20)24(34(28)47)30(43)26-36(18)49-14(4)38(26,7)8/h9-10,13-14,40-44H,1-8H3/t13-,14-/m0/s1. The smallest absolute Gasteiger partial charge is 0.219 e. The Bertz CT molecular complexity index is 2450. The SMILES string of the molecule is Cc1cc(O)c2c3c(c(O)c4c(c13)O[C@@H](C)C4(C)C)C(=O)C(=NC1=C(O)c3c(O)cc(C)c4c5c(c(O)c(c34)C1=O)C(C)(C)[C@H](C)O5)C2=O. The lowest BCUT2D eigenvalue weighted by Crippen LogP contribution is -2.32. The number of hydrogen-bond donors (Lipinski definition) is 5. The van der Waals surface area contributed by atoms with Gasteiger partial charge in [0, 0.05) is 43.5 Å². The second-order valence-corrected chi connectivity index (χ2v) is 14.6. The molecule has 0 aromatic heterocycles. The van der Waals surface area contributed by atoms with Gasteiger partial charge in [-0.25, -0.2) is 4.99 Å². The van der Waals surface area contributed by atoms with Gasteiger partial charge in [-0.1, -0.05) is 27.7 Å². The van der Waals surface area contributed by atoms with Crippen LogP contribution < -0.4 is 9.47 Å². The number of rotatable bonds is 1. The van der Waals surface area contributed by atoms with E-state index in [0.717, 1.165) is 0 Å². The summed E-state index contributed by atoms with van der Waals surface area (Å²) in [6.07, 6.45) is -0.832. The monoisotopic (exact) mass is 663 g/mol. The number of carbonyl (C=O) groups excluding carboxylic acids is 3. The number of hydrogen-bond acceptors (Lipinski definition) is 11. The highest BCUT2D eigenvalue weighted by molar-refractivity contribution is 6.76. The van der Waals surface area contributed by atoms with Crippen molar-refractivity contribution < 1.29 is 49.4 Å². The zero-order valence-electron chi connectivity index (χ0n) is 28.0. The number of allylic oxidation sites excluding steroid dienone is 1. The Kier molecular flexibility index (Phi) is 5.71. The fraction of sp³-hybridized carbons (Fsp3) is 0.316. The van der Waals surface area contributed by atoms with Gasteiger partial charge in [0.1, 0.15) is 46.7 Å². The molecule has 0 bridgehead atoms. The third-order valence-electron chi connectivity index (χ3n) is 11.3. The van der Waals surface area contributed by atoms with Crippen molar-refractivity contribution in [1.82, 2.24) is 0 Å². The Balaban J connectivity index is 1.43. The third-order valence-corrected chi connectivity index (χ3v) is 11.3. The van der Waals surface area contributed by atoms with Crippen molar-refractivity contribution in [3.05, 3.63) is 62.3 Å². The lowest BCUT2D eigenvalue weighted by molar-refractivity contribution is 0.101. The van der Waals surface area contributed by atoms with E-state index in [0.29, 0.717) is 44.5 Å². The number of aromatic hydroxyl groups is 4. The van der Waals surface area contributed by atoms with Crippen LogP contribution in [0, 0.1) is 13.8 Å². The molecule has 250 valence electrons. The van der Waals surface area contributed by atoms with Crippen LogP contribution in [0.4, 0.5) is 0 Å². The molecule has 0 amide bonds. The number of phenols is 4. The number of nitrogens with zero attached hydrogens (tertiary/aromatic N) is 1. The Morgan fingerprint density at radius 1 is 0.612 bits per heavy atom. The molecule has 49 heavy (non-hydrogen) atoms. The molecule has 11 nitrogen and oxygen atoms in total. The zero-order chi connectivity index (χ0) is 35.5. The molecule has 2 aliphatic carbocycles. The van der Waals surface area contributed by atoms with Crippen molar-refractivity contribution in [2.24, 2.45) is 4.99 Å². The number of carbonyl (C=O) groups is 3. The highest BCUT2D eigenvalue weighted by Gasteiger charge is 2.49. The molecule has 4 aliphatic rings. The molecular formula is C38H33NO10. The molecule has 0 fully saturated rings. The van der Waals surface area contributed by atoms with Gasteiger partial charge in [-0.15, -0.1) is 0 Å². The number of benzene rings is 4. The van der Waals surface area contributed by atoms with E-state index in [1.165, 1.54) is 12.1 Å². The highest BCUT2D eigenvalue weighted by atomic mass is 16.5. The summed E-state index contributed by atoms with van der Waals surface area (Å²) >= 11 is 0. The Morgan fingerprint density at radius 2 is 1.02 bits per heavy atom. The maximum absolute atomic E-state index is 14.4. The fourth-order valence-electron chi connectivity index (χ4n) is 8.04. The molecule has 2 atom stereocenters. The summed E-state index contributed by atoms with van der Waals surface area (Å²) < 4.78 is 12.4.